The number of alkyl halides is 3. The van der Waals surface area contributed by atoms with Crippen LogP contribution in [0.5, 0.6) is 0 Å². The summed E-state index contributed by atoms with van der Waals surface area (Å²) in [6.45, 7) is 1.20. The summed E-state index contributed by atoms with van der Waals surface area (Å²) >= 11 is 5.89. The van der Waals surface area contributed by atoms with Gasteiger partial charge in [-0.05, 0) is 25.1 Å². The van der Waals surface area contributed by atoms with E-state index in [1.54, 1.807) is 0 Å². The molecule has 0 saturated heterocycles. The Morgan fingerprint density at radius 1 is 1.39 bits per heavy atom. The van der Waals surface area contributed by atoms with E-state index in [4.69, 9.17) is 17.3 Å². The van der Waals surface area contributed by atoms with Gasteiger partial charge in [-0.3, -0.25) is 4.90 Å². The average Bonchev–Trinajstić information content (AvgIpc) is 2.21. The van der Waals surface area contributed by atoms with Gasteiger partial charge in [-0.15, -0.1) is 0 Å². The van der Waals surface area contributed by atoms with Crippen LogP contribution in [-0.4, -0.2) is 29.1 Å². The van der Waals surface area contributed by atoms with E-state index in [1.165, 1.54) is 17.0 Å². The minimum absolute atomic E-state index is 0.0389. The van der Waals surface area contributed by atoms with Gasteiger partial charge in [0.2, 0.25) is 0 Å². The van der Waals surface area contributed by atoms with Crippen LogP contribution in [0.4, 0.5) is 19.0 Å². The molecule has 0 unspecified atom stereocenters. The predicted molar refractivity (Wildman–Crippen MR) is 65.3 cm³/mol. The van der Waals surface area contributed by atoms with E-state index >= 15 is 0 Å². The summed E-state index contributed by atoms with van der Waals surface area (Å²) in [6, 6.07) is 3.05. The van der Waals surface area contributed by atoms with Crippen LogP contribution in [-0.2, 0) is 6.54 Å². The normalized spacial score (nSPS) is 12.1. The summed E-state index contributed by atoms with van der Waals surface area (Å²) in [4.78, 5) is 5.22. The lowest BCUT2D eigenvalue weighted by atomic mass is 10.3. The third-order valence-electron chi connectivity index (χ3n) is 2.26. The number of aromatic nitrogens is 1. The molecule has 0 fully saturated rings. The zero-order chi connectivity index (χ0) is 13.8. The Balaban J connectivity index is 2.79. The van der Waals surface area contributed by atoms with Gasteiger partial charge in [0.15, 0.2) is 0 Å². The molecule has 0 bridgehead atoms. The van der Waals surface area contributed by atoms with Crippen molar-refractivity contribution in [2.75, 3.05) is 18.8 Å². The number of pyridine rings is 1. The lowest BCUT2D eigenvalue weighted by molar-refractivity contribution is -0.147. The van der Waals surface area contributed by atoms with Crippen molar-refractivity contribution in [2.24, 2.45) is 0 Å². The molecule has 0 spiro atoms. The van der Waals surface area contributed by atoms with Gasteiger partial charge in [-0.25, -0.2) is 4.98 Å². The molecule has 1 aromatic rings. The van der Waals surface area contributed by atoms with E-state index in [9.17, 15) is 13.2 Å². The van der Waals surface area contributed by atoms with Gasteiger partial charge in [0.25, 0.3) is 0 Å². The van der Waals surface area contributed by atoms with E-state index in [0.29, 0.717) is 23.7 Å². The van der Waals surface area contributed by atoms with Crippen LogP contribution in [0.3, 0.4) is 0 Å². The van der Waals surface area contributed by atoms with Crippen LogP contribution in [0.25, 0.3) is 0 Å². The Kier molecular flexibility index (Phi) is 5.22. The minimum Gasteiger partial charge on any atom is -0.384 e. The smallest absolute Gasteiger partial charge is 0.384 e. The molecule has 0 aliphatic carbocycles. The average molecular weight is 282 g/mol. The van der Waals surface area contributed by atoms with E-state index in [1.807, 2.05) is 6.92 Å². The van der Waals surface area contributed by atoms with E-state index < -0.39 is 12.7 Å². The highest BCUT2D eigenvalue weighted by Crippen LogP contribution is 2.21. The SMILES string of the molecule is CCCN(Cc1nc(N)ccc1Cl)CC(F)(F)F. The van der Waals surface area contributed by atoms with Gasteiger partial charge in [0, 0.05) is 6.54 Å². The van der Waals surface area contributed by atoms with Crippen LogP contribution >= 0.6 is 11.6 Å². The fourth-order valence-electron chi connectivity index (χ4n) is 1.61. The van der Waals surface area contributed by atoms with Crippen molar-refractivity contribution in [3.63, 3.8) is 0 Å². The van der Waals surface area contributed by atoms with Crippen molar-refractivity contribution in [1.82, 2.24) is 9.88 Å². The molecule has 0 radical (unpaired) electrons. The number of hydrogen-bond acceptors (Lipinski definition) is 3. The molecule has 0 saturated carbocycles. The number of halogens is 4. The molecule has 7 heteroatoms. The third-order valence-corrected chi connectivity index (χ3v) is 2.60. The summed E-state index contributed by atoms with van der Waals surface area (Å²) in [5.41, 5.74) is 5.86. The van der Waals surface area contributed by atoms with Crippen LogP contribution in [0.15, 0.2) is 12.1 Å². The fraction of sp³-hybridized carbons (Fsp3) is 0.545. The number of nitrogen functional groups attached to an aromatic ring is 1. The van der Waals surface area contributed by atoms with Gasteiger partial charge in [0.05, 0.1) is 17.3 Å². The van der Waals surface area contributed by atoms with E-state index in [0.717, 1.165) is 0 Å². The molecule has 102 valence electrons. The first-order valence-corrected chi connectivity index (χ1v) is 5.89. The molecule has 0 atom stereocenters. The Morgan fingerprint density at radius 3 is 2.61 bits per heavy atom. The first-order valence-electron chi connectivity index (χ1n) is 5.52. The Hall–Kier alpha value is -1.01. The van der Waals surface area contributed by atoms with Crippen LogP contribution in [0, 0.1) is 0 Å². The summed E-state index contributed by atoms with van der Waals surface area (Å²) in [6.07, 6.45) is -3.61. The third kappa shape index (κ3) is 5.10. The molecular formula is C11H15ClF3N3. The maximum absolute atomic E-state index is 12.4. The summed E-state index contributed by atoms with van der Waals surface area (Å²) in [7, 11) is 0. The fourth-order valence-corrected chi connectivity index (χ4v) is 1.77. The van der Waals surface area contributed by atoms with Gasteiger partial charge in [0.1, 0.15) is 5.82 Å². The lowest BCUT2D eigenvalue weighted by Crippen LogP contribution is -2.34. The molecule has 0 aliphatic heterocycles. The zero-order valence-corrected chi connectivity index (χ0v) is 10.7. The molecule has 1 heterocycles. The Morgan fingerprint density at radius 2 is 2.06 bits per heavy atom. The second kappa shape index (κ2) is 6.24. The lowest BCUT2D eigenvalue weighted by Gasteiger charge is -2.23. The van der Waals surface area contributed by atoms with Crippen molar-refractivity contribution in [3.05, 3.63) is 22.8 Å². The standard InChI is InChI=1S/C11H15ClF3N3/c1-2-5-18(7-11(13,14)15)6-9-8(12)3-4-10(16)17-9/h3-4H,2,5-7H2,1H3,(H2,16,17). The topological polar surface area (TPSA) is 42.2 Å². The molecule has 1 aromatic heterocycles. The molecular weight excluding hydrogens is 267 g/mol. The van der Waals surface area contributed by atoms with Crippen molar-refractivity contribution in [3.8, 4) is 0 Å². The monoisotopic (exact) mass is 281 g/mol. The molecule has 0 amide bonds. The van der Waals surface area contributed by atoms with E-state index in [-0.39, 0.29) is 12.4 Å². The zero-order valence-electron chi connectivity index (χ0n) is 9.97. The Bertz CT molecular complexity index is 396. The molecule has 2 N–H and O–H groups in total. The quantitative estimate of drug-likeness (QED) is 0.902. The first kappa shape index (κ1) is 15.0. The highest BCUT2D eigenvalue weighted by Gasteiger charge is 2.30. The maximum atomic E-state index is 12.4. The molecule has 0 aromatic carbocycles. The number of hydrogen-bond donors (Lipinski definition) is 1. The largest absolute Gasteiger partial charge is 0.401 e. The molecule has 1 rings (SSSR count). The second-order valence-corrected chi connectivity index (χ2v) is 4.40. The first-order chi connectivity index (χ1) is 8.31. The van der Waals surface area contributed by atoms with Gasteiger partial charge in [-0.2, -0.15) is 13.2 Å². The molecule has 0 aliphatic rings. The van der Waals surface area contributed by atoms with Gasteiger partial charge >= 0.3 is 6.18 Å². The van der Waals surface area contributed by atoms with Crippen LogP contribution in [0.1, 0.15) is 19.0 Å². The molecule has 18 heavy (non-hydrogen) atoms. The Labute approximate surface area is 109 Å². The van der Waals surface area contributed by atoms with Crippen LogP contribution < -0.4 is 5.73 Å². The summed E-state index contributed by atoms with van der Waals surface area (Å²) < 4.78 is 37.2. The van der Waals surface area contributed by atoms with Gasteiger partial charge in [-0.1, -0.05) is 18.5 Å². The van der Waals surface area contributed by atoms with Crippen molar-refractivity contribution in [1.29, 1.82) is 0 Å². The number of nitrogens with two attached hydrogens (primary N) is 1. The molecule has 3 nitrogen and oxygen atoms in total. The van der Waals surface area contributed by atoms with Crippen molar-refractivity contribution < 1.29 is 13.2 Å². The number of rotatable bonds is 5. The predicted octanol–water partition coefficient (Wildman–Crippen LogP) is 3.09. The maximum Gasteiger partial charge on any atom is 0.401 e. The highest BCUT2D eigenvalue weighted by molar-refractivity contribution is 6.31. The minimum atomic E-state index is -4.23. The number of anilines is 1. The number of nitrogens with zero attached hydrogens (tertiary/aromatic N) is 2. The van der Waals surface area contributed by atoms with Crippen molar-refractivity contribution >= 4 is 17.4 Å². The summed E-state index contributed by atoms with van der Waals surface area (Å²) in [5, 5.41) is 0.326. The van der Waals surface area contributed by atoms with Crippen LogP contribution in [0.2, 0.25) is 5.02 Å². The highest BCUT2D eigenvalue weighted by atomic mass is 35.5. The van der Waals surface area contributed by atoms with Crippen molar-refractivity contribution in [2.45, 2.75) is 26.1 Å². The second-order valence-electron chi connectivity index (χ2n) is 3.99. The van der Waals surface area contributed by atoms with E-state index in [2.05, 4.69) is 4.98 Å². The summed E-state index contributed by atoms with van der Waals surface area (Å²) in [5.74, 6) is 0.248. The van der Waals surface area contributed by atoms with Gasteiger partial charge < -0.3 is 5.73 Å².